The van der Waals surface area contributed by atoms with Gasteiger partial charge in [0, 0.05) is 11.4 Å². The molecule has 1 aliphatic rings. The van der Waals surface area contributed by atoms with Crippen molar-refractivity contribution >= 4 is 34.5 Å². The molecule has 162 valence electrons. The lowest BCUT2D eigenvalue weighted by atomic mass is 9.97. The fourth-order valence-electron chi connectivity index (χ4n) is 3.08. The van der Waals surface area contributed by atoms with Crippen molar-refractivity contribution in [1.82, 2.24) is 5.32 Å². The van der Waals surface area contributed by atoms with E-state index in [1.54, 1.807) is 38.3 Å². The molecular formula is C23H25N3O4S. The Kier molecular flexibility index (Phi) is 7.72. The maximum absolute atomic E-state index is 12.5. The first-order valence-electron chi connectivity index (χ1n) is 9.86. The van der Waals surface area contributed by atoms with Crippen LogP contribution in [0.2, 0.25) is 0 Å². The second kappa shape index (κ2) is 10.7. The van der Waals surface area contributed by atoms with E-state index in [-0.39, 0.29) is 18.3 Å². The number of carbonyl (C=O) groups excluding carboxylic acids is 2. The van der Waals surface area contributed by atoms with Gasteiger partial charge in [-0.1, -0.05) is 42.1 Å². The van der Waals surface area contributed by atoms with E-state index >= 15 is 0 Å². The molecule has 1 aliphatic heterocycles. The second-order valence-corrected chi connectivity index (χ2v) is 7.66. The lowest BCUT2D eigenvalue weighted by molar-refractivity contribution is -0.139. The fourth-order valence-corrected chi connectivity index (χ4v) is 3.82. The van der Waals surface area contributed by atoms with E-state index in [0.717, 1.165) is 11.3 Å². The molecule has 2 N–H and O–H groups in total. The van der Waals surface area contributed by atoms with Crippen LogP contribution in [-0.4, -0.2) is 36.5 Å². The lowest BCUT2D eigenvalue weighted by Crippen LogP contribution is -2.31. The number of esters is 1. The van der Waals surface area contributed by atoms with Crippen molar-refractivity contribution in [2.24, 2.45) is 4.99 Å². The molecule has 31 heavy (non-hydrogen) atoms. The van der Waals surface area contributed by atoms with Crippen LogP contribution in [0.4, 0.5) is 5.69 Å². The average molecular weight is 440 g/mol. The van der Waals surface area contributed by atoms with Crippen molar-refractivity contribution in [2.45, 2.75) is 19.9 Å². The Labute approximate surface area is 185 Å². The maximum atomic E-state index is 12.5. The topological polar surface area (TPSA) is 89.0 Å². The first-order valence-corrected chi connectivity index (χ1v) is 10.8. The van der Waals surface area contributed by atoms with E-state index in [1.807, 2.05) is 37.3 Å². The lowest BCUT2D eigenvalue weighted by Gasteiger charge is -2.25. The summed E-state index contributed by atoms with van der Waals surface area (Å²) in [6.45, 7) is 3.87. The molecule has 0 fully saturated rings. The molecule has 0 spiro atoms. The van der Waals surface area contributed by atoms with E-state index < -0.39 is 12.0 Å². The van der Waals surface area contributed by atoms with Crippen molar-refractivity contribution in [3.8, 4) is 5.75 Å². The third-order valence-electron chi connectivity index (χ3n) is 4.54. The number of amidine groups is 1. The van der Waals surface area contributed by atoms with Gasteiger partial charge in [-0.2, -0.15) is 0 Å². The van der Waals surface area contributed by atoms with Crippen LogP contribution in [0.15, 0.2) is 70.9 Å². The summed E-state index contributed by atoms with van der Waals surface area (Å²) < 4.78 is 10.4. The first-order chi connectivity index (χ1) is 15.0. The van der Waals surface area contributed by atoms with Crippen molar-refractivity contribution in [3.63, 3.8) is 0 Å². The molecule has 2 aromatic rings. The molecule has 0 bridgehead atoms. The summed E-state index contributed by atoms with van der Waals surface area (Å²) in [7, 11) is 1.59. The molecule has 2 aromatic carbocycles. The maximum Gasteiger partial charge on any atom is 0.338 e. The number of anilines is 1. The number of ether oxygens (including phenoxy) is 2. The van der Waals surface area contributed by atoms with Gasteiger partial charge in [0.1, 0.15) is 11.8 Å². The van der Waals surface area contributed by atoms with Crippen LogP contribution in [0.25, 0.3) is 0 Å². The average Bonchev–Trinajstić information content (AvgIpc) is 2.78. The third kappa shape index (κ3) is 5.88. The predicted molar refractivity (Wildman–Crippen MR) is 123 cm³/mol. The van der Waals surface area contributed by atoms with Crippen LogP contribution in [0.1, 0.15) is 25.5 Å². The Morgan fingerprint density at radius 1 is 1.13 bits per heavy atom. The van der Waals surface area contributed by atoms with E-state index in [0.29, 0.717) is 22.1 Å². The molecule has 1 amide bonds. The van der Waals surface area contributed by atoms with Gasteiger partial charge in [-0.3, -0.25) is 4.79 Å². The number of thioether (sulfide) groups is 1. The number of aliphatic imine (C=N–C) groups is 1. The number of benzene rings is 2. The number of methoxy groups -OCH3 is 1. The van der Waals surface area contributed by atoms with E-state index in [2.05, 4.69) is 10.6 Å². The number of nitrogens with zero attached hydrogens (tertiary/aromatic N) is 1. The van der Waals surface area contributed by atoms with Crippen molar-refractivity contribution in [1.29, 1.82) is 0 Å². The van der Waals surface area contributed by atoms with Crippen LogP contribution in [-0.2, 0) is 14.3 Å². The summed E-state index contributed by atoms with van der Waals surface area (Å²) in [5, 5.41) is 6.55. The summed E-state index contributed by atoms with van der Waals surface area (Å²) in [5.41, 5.74) is 2.71. The zero-order chi connectivity index (χ0) is 22.2. The number of amides is 1. The molecule has 0 saturated carbocycles. The molecule has 0 unspecified atom stereocenters. The Hall–Kier alpha value is -3.26. The van der Waals surface area contributed by atoms with Crippen LogP contribution in [0, 0.1) is 0 Å². The highest BCUT2D eigenvalue weighted by Crippen LogP contribution is 2.32. The number of hydrogen-bond acceptors (Lipinski definition) is 7. The van der Waals surface area contributed by atoms with Crippen LogP contribution in [0.5, 0.6) is 5.75 Å². The standard InChI is InChI=1S/C23H25N3O4S/c1-4-30-22(28)20-15(2)24-23(26-21(20)16-8-6-5-7-9-16)31-14-19(27)25-17-10-12-18(29-3)13-11-17/h5-13,21H,4,14H2,1-3H3,(H,24,26)(H,25,27)/t21-/m1/s1. The van der Waals surface area contributed by atoms with E-state index in [9.17, 15) is 9.59 Å². The predicted octanol–water partition coefficient (Wildman–Crippen LogP) is 3.90. The van der Waals surface area contributed by atoms with Gasteiger partial charge >= 0.3 is 5.97 Å². The number of nitrogens with one attached hydrogen (secondary N) is 2. The van der Waals surface area contributed by atoms with Gasteiger partial charge in [-0.05, 0) is 43.7 Å². The van der Waals surface area contributed by atoms with Crippen molar-refractivity contribution < 1.29 is 19.1 Å². The molecule has 0 aliphatic carbocycles. The van der Waals surface area contributed by atoms with Crippen LogP contribution < -0.4 is 15.4 Å². The fraction of sp³-hybridized carbons (Fsp3) is 0.261. The normalized spacial score (nSPS) is 15.6. The van der Waals surface area contributed by atoms with Gasteiger partial charge in [0.2, 0.25) is 5.91 Å². The first kappa shape index (κ1) is 22.4. The molecular weight excluding hydrogens is 414 g/mol. The molecule has 0 aromatic heterocycles. The zero-order valence-corrected chi connectivity index (χ0v) is 18.5. The molecule has 1 atom stereocenters. The Morgan fingerprint density at radius 2 is 1.84 bits per heavy atom. The number of rotatable bonds is 7. The van der Waals surface area contributed by atoms with Gasteiger partial charge in [0.15, 0.2) is 5.17 Å². The minimum absolute atomic E-state index is 0.159. The summed E-state index contributed by atoms with van der Waals surface area (Å²) in [6, 6.07) is 16.2. The zero-order valence-electron chi connectivity index (χ0n) is 17.7. The SMILES string of the molecule is CCOC(=O)C1=C(C)NC(SCC(=O)Nc2ccc(OC)cc2)=N[C@@H]1c1ccccc1. The number of allylic oxidation sites excluding steroid dienone is 1. The highest BCUT2D eigenvalue weighted by atomic mass is 32.2. The van der Waals surface area contributed by atoms with E-state index in [4.69, 9.17) is 14.5 Å². The highest BCUT2D eigenvalue weighted by molar-refractivity contribution is 8.14. The Morgan fingerprint density at radius 3 is 2.48 bits per heavy atom. The van der Waals surface area contributed by atoms with Gasteiger partial charge in [0.05, 0.1) is 25.0 Å². The summed E-state index contributed by atoms with van der Waals surface area (Å²) in [4.78, 5) is 29.6. The van der Waals surface area contributed by atoms with Crippen LogP contribution >= 0.6 is 11.8 Å². The smallest absolute Gasteiger partial charge is 0.338 e. The van der Waals surface area contributed by atoms with Gasteiger partial charge in [-0.15, -0.1) is 0 Å². The monoisotopic (exact) mass is 439 g/mol. The van der Waals surface area contributed by atoms with Gasteiger partial charge in [-0.25, -0.2) is 9.79 Å². The minimum Gasteiger partial charge on any atom is -0.497 e. The molecule has 0 saturated heterocycles. The molecule has 3 rings (SSSR count). The number of hydrogen-bond donors (Lipinski definition) is 2. The number of carbonyl (C=O) groups is 2. The Balaban J connectivity index is 1.71. The largest absolute Gasteiger partial charge is 0.497 e. The molecule has 7 nitrogen and oxygen atoms in total. The second-order valence-electron chi connectivity index (χ2n) is 6.70. The third-order valence-corrected chi connectivity index (χ3v) is 5.43. The highest BCUT2D eigenvalue weighted by Gasteiger charge is 2.30. The molecule has 1 heterocycles. The van der Waals surface area contributed by atoms with Crippen molar-refractivity contribution in [3.05, 3.63) is 71.4 Å². The van der Waals surface area contributed by atoms with E-state index in [1.165, 1.54) is 11.8 Å². The summed E-state index contributed by atoms with van der Waals surface area (Å²) in [6.07, 6.45) is 0. The summed E-state index contributed by atoms with van der Waals surface area (Å²) >= 11 is 1.28. The van der Waals surface area contributed by atoms with Gasteiger partial charge in [0.25, 0.3) is 0 Å². The minimum atomic E-state index is -0.492. The van der Waals surface area contributed by atoms with Crippen molar-refractivity contribution in [2.75, 3.05) is 24.8 Å². The Bertz CT molecular complexity index is 988. The van der Waals surface area contributed by atoms with Gasteiger partial charge < -0.3 is 20.1 Å². The quantitative estimate of drug-likeness (QED) is 0.636. The summed E-state index contributed by atoms with van der Waals surface area (Å²) in [5.74, 6) is 0.335. The molecule has 8 heteroatoms. The molecule has 0 radical (unpaired) electrons. The van der Waals surface area contributed by atoms with Crippen LogP contribution in [0.3, 0.4) is 0 Å².